The summed E-state index contributed by atoms with van der Waals surface area (Å²) in [6, 6.07) is 12.3. The average Bonchev–Trinajstić information content (AvgIpc) is 2.41. The van der Waals surface area contributed by atoms with Gasteiger partial charge in [0.2, 0.25) is 5.91 Å². The van der Waals surface area contributed by atoms with Crippen molar-refractivity contribution in [2.75, 3.05) is 10.6 Å². The third kappa shape index (κ3) is 4.42. The van der Waals surface area contributed by atoms with Crippen LogP contribution in [-0.2, 0) is 4.79 Å². The molecular weight excluding hydrogens is 382 g/mol. The van der Waals surface area contributed by atoms with Crippen LogP contribution in [0.5, 0.6) is 0 Å². The summed E-state index contributed by atoms with van der Waals surface area (Å²) >= 11 is 2.10. The molecule has 0 heterocycles. The monoisotopic (exact) mass is 398 g/mol. The molecular formula is C16H16FIN2O. The topological polar surface area (TPSA) is 41.1 Å². The third-order valence-corrected chi connectivity index (χ3v) is 3.90. The van der Waals surface area contributed by atoms with Crippen LogP contribution in [0.1, 0.15) is 25.5 Å². The number of halogens is 2. The molecule has 2 N–H and O–H groups in total. The SMILES string of the molecule is CC(=O)Nc1cccc(C(C)Nc2ccc(F)cc2I)c1. The number of anilines is 2. The Labute approximate surface area is 137 Å². The van der Waals surface area contributed by atoms with Crippen LogP contribution in [0.3, 0.4) is 0 Å². The lowest BCUT2D eigenvalue weighted by Crippen LogP contribution is -2.10. The third-order valence-electron chi connectivity index (χ3n) is 3.01. The maximum atomic E-state index is 13.1. The van der Waals surface area contributed by atoms with E-state index in [1.165, 1.54) is 19.1 Å². The lowest BCUT2D eigenvalue weighted by atomic mass is 10.1. The molecule has 0 aliphatic carbocycles. The van der Waals surface area contributed by atoms with Gasteiger partial charge in [0.1, 0.15) is 5.82 Å². The van der Waals surface area contributed by atoms with Crippen molar-refractivity contribution in [2.24, 2.45) is 0 Å². The van der Waals surface area contributed by atoms with Gasteiger partial charge < -0.3 is 10.6 Å². The normalized spacial score (nSPS) is 11.8. The standard InChI is InChI=1S/C16H16FIN2O/c1-10(19-16-7-6-13(17)9-15(16)18)12-4-3-5-14(8-12)20-11(2)21/h3-10,19H,1-2H3,(H,20,21). The van der Waals surface area contributed by atoms with E-state index >= 15 is 0 Å². The maximum absolute atomic E-state index is 13.1. The minimum absolute atomic E-state index is 0.0395. The van der Waals surface area contributed by atoms with Gasteiger partial charge in [-0.3, -0.25) is 4.79 Å². The molecule has 3 nitrogen and oxygen atoms in total. The highest BCUT2D eigenvalue weighted by molar-refractivity contribution is 14.1. The van der Waals surface area contributed by atoms with Crippen LogP contribution in [0, 0.1) is 9.39 Å². The number of benzene rings is 2. The Morgan fingerprint density at radius 1 is 1.24 bits per heavy atom. The molecule has 2 rings (SSSR count). The van der Waals surface area contributed by atoms with Gasteiger partial charge in [-0.2, -0.15) is 0 Å². The fourth-order valence-electron chi connectivity index (χ4n) is 2.01. The number of hydrogen-bond donors (Lipinski definition) is 2. The smallest absolute Gasteiger partial charge is 0.221 e. The highest BCUT2D eigenvalue weighted by Crippen LogP contribution is 2.25. The van der Waals surface area contributed by atoms with E-state index in [0.29, 0.717) is 0 Å². The summed E-state index contributed by atoms with van der Waals surface area (Å²) in [5.41, 5.74) is 2.69. The Kier molecular flexibility index (Phi) is 5.17. The molecule has 5 heteroatoms. The molecule has 0 aliphatic rings. The van der Waals surface area contributed by atoms with Gasteiger partial charge in [-0.05, 0) is 65.4 Å². The molecule has 2 aromatic carbocycles. The minimum atomic E-state index is -0.245. The molecule has 0 bridgehead atoms. The zero-order valence-electron chi connectivity index (χ0n) is 11.8. The van der Waals surface area contributed by atoms with Gasteiger partial charge in [-0.25, -0.2) is 4.39 Å². The molecule has 0 radical (unpaired) electrons. The van der Waals surface area contributed by atoms with E-state index in [-0.39, 0.29) is 17.8 Å². The number of rotatable bonds is 4. The first-order chi connectivity index (χ1) is 9.95. The highest BCUT2D eigenvalue weighted by Gasteiger charge is 2.09. The predicted octanol–water partition coefficient (Wildman–Crippen LogP) is 4.56. The molecule has 0 aliphatic heterocycles. The fraction of sp³-hybridized carbons (Fsp3) is 0.188. The molecule has 1 unspecified atom stereocenters. The van der Waals surface area contributed by atoms with Crippen molar-refractivity contribution in [3.05, 3.63) is 57.4 Å². The second kappa shape index (κ2) is 6.89. The van der Waals surface area contributed by atoms with Gasteiger partial charge in [-0.1, -0.05) is 12.1 Å². The van der Waals surface area contributed by atoms with Gasteiger partial charge in [0, 0.05) is 27.9 Å². The van der Waals surface area contributed by atoms with Crippen LogP contribution in [0.4, 0.5) is 15.8 Å². The second-order valence-electron chi connectivity index (χ2n) is 4.80. The number of nitrogens with one attached hydrogen (secondary N) is 2. The molecule has 0 saturated carbocycles. The van der Waals surface area contributed by atoms with E-state index in [1.807, 2.05) is 31.2 Å². The summed E-state index contributed by atoms with van der Waals surface area (Å²) in [4.78, 5) is 11.1. The van der Waals surface area contributed by atoms with E-state index < -0.39 is 0 Å². The van der Waals surface area contributed by atoms with Crippen molar-refractivity contribution >= 4 is 39.9 Å². The molecule has 1 atom stereocenters. The molecule has 21 heavy (non-hydrogen) atoms. The van der Waals surface area contributed by atoms with Gasteiger partial charge in [-0.15, -0.1) is 0 Å². The summed E-state index contributed by atoms with van der Waals surface area (Å²) in [5.74, 6) is -0.342. The van der Waals surface area contributed by atoms with Crippen LogP contribution in [0.2, 0.25) is 0 Å². The summed E-state index contributed by atoms with van der Waals surface area (Å²) in [5, 5.41) is 6.11. The highest BCUT2D eigenvalue weighted by atomic mass is 127. The largest absolute Gasteiger partial charge is 0.378 e. The Balaban J connectivity index is 2.16. The number of carbonyl (C=O) groups is 1. The second-order valence-corrected chi connectivity index (χ2v) is 5.96. The first-order valence-corrected chi connectivity index (χ1v) is 7.62. The van der Waals surface area contributed by atoms with E-state index in [2.05, 4.69) is 33.2 Å². The summed E-state index contributed by atoms with van der Waals surface area (Å²) in [6.07, 6.45) is 0. The first-order valence-electron chi connectivity index (χ1n) is 6.55. The van der Waals surface area contributed by atoms with Crippen LogP contribution in [0.15, 0.2) is 42.5 Å². The molecule has 2 aromatic rings. The predicted molar refractivity (Wildman–Crippen MR) is 91.9 cm³/mol. The van der Waals surface area contributed by atoms with Crippen LogP contribution in [-0.4, -0.2) is 5.91 Å². The molecule has 1 amide bonds. The lowest BCUT2D eigenvalue weighted by molar-refractivity contribution is -0.114. The van der Waals surface area contributed by atoms with Gasteiger partial charge in [0.25, 0.3) is 0 Å². The molecule has 0 fully saturated rings. The van der Waals surface area contributed by atoms with Crippen molar-refractivity contribution in [2.45, 2.75) is 19.9 Å². The fourth-order valence-corrected chi connectivity index (χ4v) is 2.65. The van der Waals surface area contributed by atoms with Crippen LogP contribution in [0.25, 0.3) is 0 Å². The lowest BCUT2D eigenvalue weighted by Gasteiger charge is -2.18. The Morgan fingerprint density at radius 2 is 2.00 bits per heavy atom. The summed E-state index contributed by atoms with van der Waals surface area (Å²) < 4.78 is 13.9. The van der Waals surface area contributed by atoms with Crippen LogP contribution < -0.4 is 10.6 Å². The summed E-state index contributed by atoms with van der Waals surface area (Å²) in [7, 11) is 0. The summed E-state index contributed by atoms with van der Waals surface area (Å²) in [6.45, 7) is 3.50. The van der Waals surface area contributed by atoms with E-state index in [4.69, 9.17) is 0 Å². The first kappa shape index (κ1) is 15.8. The van der Waals surface area contributed by atoms with Crippen molar-refractivity contribution in [3.63, 3.8) is 0 Å². The molecule has 0 aromatic heterocycles. The Bertz CT molecular complexity index is 660. The maximum Gasteiger partial charge on any atom is 0.221 e. The van der Waals surface area contributed by atoms with E-state index in [9.17, 15) is 9.18 Å². The van der Waals surface area contributed by atoms with Crippen molar-refractivity contribution < 1.29 is 9.18 Å². The van der Waals surface area contributed by atoms with Crippen LogP contribution >= 0.6 is 22.6 Å². The number of amides is 1. The van der Waals surface area contributed by atoms with Crippen molar-refractivity contribution in [3.8, 4) is 0 Å². The minimum Gasteiger partial charge on any atom is -0.378 e. The average molecular weight is 398 g/mol. The number of hydrogen-bond acceptors (Lipinski definition) is 2. The van der Waals surface area contributed by atoms with E-state index in [0.717, 1.165) is 20.5 Å². The van der Waals surface area contributed by atoms with Crippen molar-refractivity contribution in [1.82, 2.24) is 0 Å². The van der Waals surface area contributed by atoms with E-state index in [1.54, 1.807) is 6.07 Å². The molecule has 110 valence electrons. The number of carbonyl (C=O) groups excluding carboxylic acids is 1. The quantitative estimate of drug-likeness (QED) is 0.742. The zero-order chi connectivity index (χ0) is 15.4. The van der Waals surface area contributed by atoms with Crippen molar-refractivity contribution in [1.29, 1.82) is 0 Å². The van der Waals surface area contributed by atoms with Gasteiger partial charge in [0.05, 0.1) is 0 Å². The Hall–Kier alpha value is -1.63. The van der Waals surface area contributed by atoms with Gasteiger partial charge >= 0.3 is 0 Å². The Morgan fingerprint density at radius 3 is 2.67 bits per heavy atom. The molecule has 0 spiro atoms. The van der Waals surface area contributed by atoms with Gasteiger partial charge in [0.15, 0.2) is 0 Å². The molecule has 0 saturated heterocycles. The zero-order valence-corrected chi connectivity index (χ0v) is 13.9.